The quantitative estimate of drug-likeness (QED) is 0.327. The lowest BCUT2D eigenvalue weighted by atomic mass is 9.78. The number of hydrogen-bond acceptors (Lipinski definition) is 5. The van der Waals surface area contributed by atoms with Gasteiger partial charge in [-0.1, -0.05) is 71.9 Å². The molecule has 1 heterocycles. The van der Waals surface area contributed by atoms with Crippen LogP contribution in [-0.4, -0.2) is 41.3 Å². The predicted molar refractivity (Wildman–Crippen MR) is 140 cm³/mol. The summed E-state index contributed by atoms with van der Waals surface area (Å²) in [5.74, 6) is 1.03. The van der Waals surface area contributed by atoms with Crippen molar-refractivity contribution in [3.05, 3.63) is 64.7 Å². The minimum atomic E-state index is -0.310. The molecule has 1 saturated heterocycles. The SMILES string of the molecule is CC(C)(C)c1cc(C(=O)CN2C[C@H](CN=N)[C@@H](c3ccccc3)C2=NBr)cc(C(C)(C)C)c1O. The molecule has 1 fully saturated rings. The number of rotatable bonds is 6. The van der Waals surface area contributed by atoms with Gasteiger partial charge in [-0.05, 0) is 28.5 Å². The van der Waals surface area contributed by atoms with Crippen LogP contribution < -0.4 is 0 Å². The Morgan fingerprint density at radius 1 is 1.09 bits per heavy atom. The van der Waals surface area contributed by atoms with Crippen LogP contribution in [0.5, 0.6) is 5.75 Å². The molecule has 6 nitrogen and oxygen atoms in total. The highest BCUT2D eigenvalue weighted by Gasteiger charge is 2.40. The number of likely N-dealkylation sites (tertiary alicyclic amines) is 1. The molecule has 0 aliphatic carbocycles. The van der Waals surface area contributed by atoms with E-state index < -0.39 is 0 Å². The van der Waals surface area contributed by atoms with E-state index in [1.165, 1.54) is 0 Å². The summed E-state index contributed by atoms with van der Waals surface area (Å²) >= 11 is 3.29. The number of carbonyl (C=O) groups is 1. The normalized spacial score (nSPS) is 20.1. The van der Waals surface area contributed by atoms with Crippen LogP contribution in [0.25, 0.3) is 0 Å². The summed E-state index contributed by atoms with van der Waals surface area (Å²) in [6.07, 6.45) is 0. The minimum absolute atomic E-state index is 0.0278. The molecule has 0 saturated carbocycles. The van der Waals surface area contributed by atoms with Crippen molar-refractivity contribution in [1.82, 2.24) is 4.90 Å². The molecular weight excluding hydrogens is 492 g/mol. The van der Waals surface area contributed by atoms with E-state index in [1.807, 2.05) is 76.8 Å². The van der Waals surface area contributed by atoms with Gasteiger partial charge in [0.2, 0.25) is 0 Å². The molecule has 2 aromatic carbocycles. The number of phenols is 1. The lowest BCUT2D eigenvalue weighted by Crippen LogP contribution is -2.32. The lowest BCUT2D eigenvalue weighted by Gasteiger charge is -2.28. The zero-order valence-corrected chi connectivity index (χ0v) is 22.5. The third-order valence-electron chi connectivity index (χ3n) is 6.48. The number of ketones is 1. The number of amidine groups is 1. The Balaban J connectivity index is 1.98. The van der Waals surface area contributed by atoms with Crippen LogP contribution in [0, 0.1) is 11.4 Å². The standard InChI is InChI=1S/C27H35BrN4O2/c1-26(2,3)20-12-18(13-21(24(20)34)27(4,5)6)22(33)16-32-15-19(14-30-29)23(25(32)31-28)17-10-8-7-9-11-17/h7-13,19,23,29,34H,14-16H2,1-6H3/t19-,23+/m0/s1. The second-order valence-corrected chi connectivity index (χ2v) is 11.5. The van der Waals surface area contributed by atoms with Crippen molar-refractivity contribution in [3.8, 4) is 5.75 Å². The average Bonchev–Trinajstić information content (AvgIpc) is 3.09. The number of carbonyl (C=O) groups excluding carboxylic acids is 1. The first-order valence-electron chi connectivity index (χ1n) is 11.6. The molecule has 2 aromatic rings. The number of Topliss-reactive ketones (excluding diaryl/α,β-unsaturated/α-hetero) is 1. The monoisotopic (exact) mass is 526 g/mol. The van der Waals surface area contributed by atoms with Crippen LogP contribution >= 0.6 is 16.1 Å². The van der Waals surface area contributed by atoms with Gasteiger partial charge in [0.1, 0.15) is 11.6 Å². The summed E-state index contributed by atoms with van der Waals surface area (Å²) in [6.45, 7) is 13.4. The molecule has 1 aliphatic rings. The molecule has 0 amide bonds. The highest BCUT2D eigenvalue weighted by Crippen LogP contribution is 2.40. The number of phenolic OH excluding ortho intramolecular Hbond substituents is 1. The van der Waals surface area contributed by atoms with Gasteiger partial charge in [0, 0.05) is 35.1 Å². The molecule has 0 bridgehead atoms. The van der Waals surface area contributed by atoms with E-state index >= 15 is 0 Å². The van der Waals surface area contributed by atoms with E-state index in [0.717, 1.165) is 22.5 Å². The van der Waals surface area contributed by atoms with Gasteiger partial charge < -0.3 is 10.0 Å². The van der Waals surface area contributed by atoms with Gasteiger partial charge >= 0.3 is 0 Å². The fraction of sp³-hybridized carbons (Fsp3) is 0.481. The Labute approximate surface area is 211 Å². The third-order valence-corrected chi connectivity index (χ3v) is 6.85. The first-order chi connectivity index (χ1) is 15.9. The molecule has 3 rings (SSSR count). The maximum Gasteiger partial charge on any atom is 0.182 e. The van der Waals surface area contributed by atoms with Gasteiger partial charge in [0.25, 0.3) is 0 Å². The molecule has 0 radical (unpaired) electrons. The fourth-order valence-electron chi connectivity index (χ4n) is 4.71. The Bertz CT molecular complexity index is 1050. The second kappa shape index (κ2) is 9.98. The molecular formula is C27H35BrN4O2. The lowest BCUT2D eigenvalue weighted by molar-refractivity contribution is 0.0964. The number of benzene rings is 2. The zero-order chi connectivity index (χ0) is 25.3. The Hall–Kier alpha value is -2.54. The second-order valence-electron chi connectivity index (χ2n) is 11.2. The van der Waals surface area contributed by atoms with Crippen LogP contribution in [0.2, 0.25) is 0 Å². The van der Waals surface area contributed by atoms with E-state index in [4.69, 9.17) is 5.53 Å². The van der Waals surface area contributed by atoms with Gasteiger partial charge in [-0.2, -0.15) is 9.13 Å². The van der Waals surface area contributed by atoms with Crippen LogP contribution in [0.1, 0.15) is 74.5 Å². The Morgan fingerprint density at radius 2 is 1.65 bits per heavy atom. The number of nitrogens with zero attached hydrogens (tertiary/aromatic N) is 3. The van der Waals surface area contributed by atoms with Gasteiger partial charge in [-0.15, -0.1) is 0 Å². The van der Waals surface area contributed by atoms with Crippen molar-refractivity contribution < 1.29 is 9.90 Å². The smallest absolute Gasteiger partial charge is 0.182 e. The highest BCUT2D eigenvalue weighted by molar-refractivity contribution is 9.08. The molecule has 1 aliphatic heterocycles. The summed E-state index contributed by atoms with van der Waals surface area (Å²) < 4.78 is 4.39. The fourth-order valence-corrected chi connectivity index (χ4v) is 5.15. The first kappa shape index (κ1) is 26.1. The summed E-state index contributed by atoms with van der Waals surface area (Å²) in [6, 6.07) is 13.7. The number of aromatic hydroxyl groups is 1. The van der Waals surface area contributed by atoms with E-state index in [1.54, 1.807) is 0 Å². The van der Waals surface area contributed by atoms with Crippen molar-refractivity contribution in [2.24, 2.45) is 15.1 Å². The summed E-state index contributed by atoms with van der Waals surface area (Å²) in [4.78, 5) is 15.6. The van der Waals surface area contributed by atoms with Crippen molar-refractivity contribution in [3.63, 3.8) is 0 Å². The van der Waals surface area contributed by atoms with Crippen LogP contribution in [-0.2, 0) is 10.8 Å². The van der Waals surface area contributed by atoms with Gasteiger partial charge in [-0.25, -0.2) is 5.53 Å². The van der Waals surface area contributed by atoms with Crippen molar-refractivity contribution in [2.75, 3.05) is 19.6 Å². The predicted octanol–water partition coefficient (Wildman–Crippen LogP) is 6.62. The van der Waals surface area contributed by atoms with Gasteiger partial charge in [-0.3, -0.25) is 4.79 Å². The summed E-state index contributed by atoms with van der Waals surface area (Å²) in [7, 11) is 0. The average molecular weight is 528 g/mol. The number of nitrogens with one attached hydrogen (secondary N) is 1. The molecule has 0 unspecified atom stereocenters. The van der Waals surface area contributed by atoms with Gasteiger partial charge in [0.15, 0.2) is 5.78 Å². The van der Waals surface area contributed by atoms with E-state index in [2.05, 4.69) is 37.4 Å². The van der Waals surface area contributed by atoms with Gasteiger partial charge in [0.05, 0.1) is 29.2 Å². The highest BCUT2D eigenvalue weighted by atomic mass is 79.9. The largest absolute Gasteiger partial charge is 0.507 e. The summed E-state index contributed by atoms with van der Waals surface area (Å²) in [5, 5.41) is 14.7. The zero-order valence-electron chi connectivity index (χ0n) is 20.9. The molecule has 182 valence electrons. The summed E-state index contributed by atoms with van der Waals surface area (Å²) in [5.41, 5.74) is 10.0. The molecule has 2 N–H and O–H groups in total. The topological polar surface area (TPSA) is 89.1 Å². The number of hydrogen-bond donors (Lipinski definition) is 2. The van der Waals surface area contributed by atoms with Crippen LogP contribution in [0.4, 0.5) is 0 Å². The maximum absolute atomic E-state index is 13.6. The van der Waals surface area contributed by atoms with Crippen molar-refractivity contribution in [1.29, 1.82) is 5.53 Å². The minimum Gasteiger partial charge on any atom is -0.507 e. The van der Waals surface area contributed by atoms with E-state index in [-0.39, 0.29) is 40.7 Å². The molecule has 7 heteroatoms. The third kappa shape index (κ3) is 5.40. The first-order valence-corrected chi connectivity index (χ1v) is 12.3. The molecule has 2 atom stereocenters. The van der Waals surface area contributed by atoms with E-state index in [0.29, 0.717) is 18.7 Å². The van der Waals surface area contributed by atoms with E-state index in [9.17, 15) is 9.90 Å². The molecule has 34 heavy (non-hydrogen) atoms. The Morgan fingerprint density at radius 3 is 2.12 bits per heavy atom. The van der Waals surface area contributed by atoms with Crippen molar-refractivity contribution in [2.45, 2.75) is 58.3 Å². The van der Waals surface area contributed by atoms with Crippen molar-refractivity contribution >= 4 is 27.8 Å². The van der Waals surface area contributed by atoms with Crippen LogP contribution in [0.3, 0.4) is 0 Å². The Kier molecular flexibility index (Phi) is 7.65. The maximum atomic E-state index is 13.6. The van der Waals surface area contributed by atoms with Crippen LogP contribution in [0.15, 0.2) is 51.6 Å². The molecule has 0 aromatic heterocycles. The number of halogens is 1. The molecule has 0 spiro atoms.